The molecule has 0 atom stereocenters. The van der Waals surface area contributed by atoms with Gasteiger partial charge in [0.25, 0.3) is 11.8 Å². The van der Waals surface area contributed by atoms with Crippen LogP contribution in [0.25, 0.3) is 0 Å². The summed E-state index contributed by atoms with van der Waals surface area (Å²) in [5.74, 6) is 0.260. The van der Waals surface area contributed by atoms with Crippen molar-refractivity contribution in [2.75, 3.05) is 33.9 Å². The molecule has 2 amide bonds. The maximum absolute atomic E-state index is 12.3. The molecular formula is C20H25N3O4. The number of carbonyl (C=O) groups is 2. The maximum Gasteiger partial charge on any atom is 0.252 e. The highest BCUT2D eigenvalue weighted by Crippen LogP contribution is 2.12. The van der Waals surface area contributed by atoms with E-state index in [-0.39, 0.29) is 11.8 Å². The first kappa shape index (κ1) is 20.4. The third-order valence-corrected chi connectivity index (χ3v) is 3.91. The van der Waals surface area contributed by atoms with Crippen molar-refractivity contribution in [2.45, 2.75) is 12.8 Å². The number of carbonyl (C=O) groups excluding carboxylic acids is 2. The first-order valence-electron chi connectivity index (χ1n) is 8.77. The standard InChI is InChI=1S/C20H25N3O4/c1-26-10-4-8-22-19(24)16-12-17(14-21-13-16)20(25)23-9-7-15-5-3-6-18(11-15)27-2/h3,5-6,11-14H,4,7-10H2,1-2H3,(H,22,24)(H,23,25). The number of ether oxygens (including phenoxy) is 2. The van der Waals surface area contributed by atoms with Crippen LogP contribution in [0.5, 0.6) is 5.75 Å². The van der Waals surface area contributed by atoms with Crippen molar-refractivity contribution in [2.24, 2.45) is 0 Å². The van der Waals surface area contributed by atoms with E-state index in [9.17, 15) is 9.59 Å². The Hall–Kier alpha value is -2.93. The topological polar surface area (TPSA) is 89.5 Å². The van der Waals surface area contributed by atoms with Crippen LogP contribution in [0.15, 0.2) is 42.7 Å². The number of hydrogen-bond donors (Lipinski definition) is 2. The molecule has 7 nitrogen and oxygen atoms in total. The van der Waals surface area contributed by atoms with Gasteiger partial charge < -0.3 is 20.1 Å². The highest BCUT2D eigenvalue weighted by Gasteiger charge is 2.11. The number of benzene rings is 1. The van der Waals surface area contributed by atoms with Gasteiger partial charge in [0.05, 0.1) is 18.2 Å². The van der Waals surface area contributed by atoms with Gasteiger partial charge in [-0.05, 0) is 36.6 Å². The normalized spacial score (nSPS) is 10.3. The van der Waals surface area contributed by atoms with Gasteiger partial charge in [0.2, 0.25) is 0 Å². The molecule has 0 aliphatic carbocycles. The smallest absolute Gasteiger partial charge is 0.252 e. The van der Waals surface area contributed by atoms with Gasteiger partial charge >= 0.3 is 0 Å². The second-order valence-corrected chi connectivity index (χ2v) is 5.92. The molecule has 0 fully saturated rings. The molecular weight excluding hydrogens is 346 g/mol. The van der Waals surface area contributed by atoms with Gasteiger partial charge in [-0.1, -0.05) is 12.1 Å². The van der Waals surface area contributed by atoms with Crippen molar-refractivity contribution in [3.8, 4) is 5.75 Å². The summed E-state index contributed by atoms with van der Waals surface area (Å²) in [5.41, 5.74) is 1.77. The molecule has 0 saturated carbocycles. The molecule has 0 aliphatic heterocycles. The van der Waals surface area contributed by atoms with Crippen molar-refractivity contribution in [3.63, 3.8) is 0 Å². The average Bonchev–Trinajstić information content (AvgIpc) is 2.71. The Labute approximate surface area is 159 Å². The molecule has 1 aromatic carbocycles. The monoisotopic (exact) mass is 371 g/mol. The fourth-order valence-electron chi connectivity index (χ4n) is 2.46. The third kappa shape index (κ3) is 6.71. The molecule has 0 spiro atoms. The zero-order chi connectivity index (χ0) is 19.5. The van der Waals surface area contributed by atoms with Crippen LogP contribution < -0.4 is 15.4 Å². The second kappa shape index (κ2) is 10.9. The van der Waals surface area contributed by atoms with E-state index < -0.39 is 0 Å². The SMILES string of the molecule is COCCCNC(=O)c1cncc(C(=O)NCCc2cccc(OC)c2)c1. The number of aromatic nitrogens is 1. The fourth-order valence-corrected chi connectivity index (χ4v) is 2.46. The summed E-state index contributed by atoms with van der Waals surface area (Å²) in [6, 6.07) is 9.24. The average molecular weight is 371 g/mol. The van der Waals surface area contributed by atoms with E-state index in [1.807, 2.05) is 24.3 Å². The Balaban J connectivity index is 1.86. The van der Waals surface area contributed by atoms with Crippen molar-refractivity contribution in [3.05, 3.63) is 59.4 Å². The van der Waals surface area contributed by atoms with Crippen LogP contribution >= 0.6 is 0 Å². The molecule has 144 valence electrons. The van der Waals surface area contributed by atoms with Crippen LogP contribution in [0, 0.1) is 0 Å². The molecule has 1 aromatic heterocycles. The Morgan fingerprint density at radius 1 is 1.00 bits per heavy atom. The lowest BCUT2D eigenvalue weighted by atomic mass is 10.1. The van der Waals surface area contributed by atoms with Crippen LogP contribution in [-0.4, -0.2) is 50.7 Å². The zero-order valence-corrected chi connectivity index (χ0v) is 15.7. The molecule has 27 heavy (non-hydrogen) atoms. The minimum absolute atomic E-state index is 0.260. The number of pyridine rings is 1. The lowest BCUT2D eigenvalue weighted by Gasteiger charge is -2.08. The largest absolute Gasteiger partial charge is 0.497 e. The molecule has 0 bridgehead atoms. The first-order valence-corrected chi connectivity index (χ1v) is 8.77. The molecule has 2 rings (SSSR count). The van der Waals surface area contributed by atoms with E-state index in [2.05, 4.69) is 15.6 Å². The highest BCUT2D eigenvalue weighted by molar-refractivity contribution is 5.99. The number of nitrogens with one attached hydrogen (secondary N) is 2. The van der Waals surface area contributed by atoms with Crippen molar-refractivity contribution >= 4 is 11.8 Å². The van der Waals surface area contributed by atoms with Gasteiger partial charge in [-0.3, -0.25) is 14.6 Å². The molecule has 0 radical (unpaired) electrons. The predicted molar refractivity (Wildman–Crippen MR) is 102 cm³/mol. The Morgan fingerprint density at radius 2 is 1.70 bits per heavy atom. The summed E-state index contributed by atoms with van der Waals surface area (Å²) >= 11 is 0. The van der Waals surface area contributed by atoms with E-state index in [0.29, 0.717) is 37.2 Å². The Morgan fingerprint density at radius 3 is 2.37 bits per heavy atom. The van der Waals surface area contributed by atoms with Gasteiger partial charge in [-0.2, -0.15) is 0 Å². The summed E-state index contributed by atoms with van der Waals surface area (Å²) in [6.07, 6.45) is 4.29. The van der Waals surface area contributed by atoms with Crippen LogP contribution in [0.4, 0.5) is 0 Å². The molecule has 0 aliphatic rings. The van der Waals surface area contributed by atoms with Crippen LogP contribution in [-0.2, 0) is 11.2 Å². The fraction of sp³-hybridized carbons (Fsp3) is 0.350. The minimum atomic E-state index is -0.264. The number of nitrogens with zero attached hydrogens (tertiary/aromatic N) is 1. The Bertz CT molecular complexity index is 764. The van der Waals surface area contributed by atoms with E-state index in [0.717, 1.165) is 17.7 Å². The number of rotatable bonds is 10. The second-order valence-electron chi connectivity index (χ2n) is 5.92. The molecule has 2 aromatic rings. The van der Waals surface area contributed by atoms with Gasteiger partial charge in [0, 0.05) is 39.2 Å². The predicted octanol–water partition coefficient (Wildman–Crippen LogP) is 1.83. The number of hydrogen-bond acceptors (Lipinski definition) is 5. The van der Waals surface area contributed by atoms with E-state index >= 15 is 0 Å². The summed E-state index contributed by atoms with van der Waals surface area (Å²) in [4.78, 5) is 28.4. The summed E-state index contributed by atoms with van der Waals surface area (Å²) in [7, 11) is 3.23. The van der Waals surface area contributed by atoms with Crippen LogP contribution in [0.1, 0.15) is 32.7 Å². The van der Waals surface area contributed by atoms with E-state index in [1.54, 1.807) is 20.3 Å². The summed E-state index contributed by atoms with van der Waals surface area (Å²) in [6.45, 7) is 1.55. The zero-order valence-electron chi connectivity index (χ0n) is 15.7. The first-order chi connectivity index (χ1) is 13.1. The maximum atomic E-state index is 12.3. The molecule has 7 heteroatoms. The van der Waals surface area contributed by atoms with Crippen molar-refractivity contribution in [1.82, 2.24) is 15.6 Å². The summed E-state index contributed by atoms with van der Waals surface area (Å²) < 4.78 is 10.1. The van der Waals surface area contributed by atoms with Gasteiger partial charge in [-0.15, -0.1) is 0 Å². The summed E-state index contributed by atoms with van der Waals surface area (Å²) in [5, 5.41) is 5.62. The third-order valence-electron chi connectivity index (χ3n) is 3.91. The van der Waals surface area contributed by atoms with Crippen LogP contribution in [0.2, 0.25) is 0 Å². The van der Waals surface area contributed by atoms with E-state index in [4.69, 9.17) is 9.47 Å². The van der Waals surface area contributed by atoms with E-state index in [1.165, 1.54) is 12.4 Å². The molecule has 1 heterocycles. The van der Waals surface area contributed by atoms with Crippen LogP contribution in [0.3, 0.4) is 0 Å². The molecule has 2 N–H and O–H groups in total. The quantitative estimate of drug-likeness (QED) is 0.622. The van der Waals surface area contributed by atoms with Gasteiger partial charge in [0.1, 0.15) is 5.75 Å². The lowest BCUT2D eigenvalue weighted by molar-refractivity contribution is 0.0948. The number of amides is 2. The molecule has 0 unspecified atom stereocenters. The van der Waals surface area contributed by atoms with Crippen molar-refractivity contribution in [1.29, 1.82) is 0 Å². The van der Waals surface area contributed by atoms with Crippen molar-refractivity contribution < 1.29 is 19.1 Å². The minimum Gasteiger partial charge on any atom is -0.497 e. The molecule has 0 saturated heterocycles. The Kier molecular flexibility index (Phi) is 8.25. The lowest BCUT2D eigenvalue weighted by Crippen LogP contribution is -2.28. The number of methoxy groups -OCH3 is 2. The van der Waals surface area contributed by atoms with Gasteiger partial charge in [-0.25, -0.2) is 0 Å². The van der Waals surface area contributed by atoms with Gasteiger partial charge in [0.15, 0.2) is 0 Å². The highest BCUT2D eigenvalue weighted by atomic mass is 16.5.